The molecule has 0 fully saturated rings. The van der Waals surface area contributed by atoms with Gasteiger partial charge in [-0.05, 0) is 0 Å². The molecule has 0 aromatic rings. The molecular weight excluding hydrogens is 204 g/mol. The monoisotopic (exact) mass is 224 g/mol. The molecule has 0 amide bonds. The maximum absolute atomic E-state index is 5.40. The van der Waals surface area contributed by atoms with Gasteiger partial charge in [-0.1, -0.05) is 0 Å². The summed E-state index contributed by atoms with van der Waals surface area (Å²) >= 11 is 3.69. The molecule has 0 unspecified atom stereocenters. The lowest BCUT2D eigenvalue weighted by molar-refractivity contribution is 0.167. The normalized spacial score (nSPS) is 10.6. The zero-order valence-electron chi connectivity index (χ0n) is 8.04. The zero-order chi connectivity index (χ0) is 9.78. The molecule has 0 saturated carbocycles. The molecule has 3 nitrogen and oxygen atoms in total. The Bertz CT molecular complexity index is 86.2. The number of hydrogen-bond acceptors (Lipinski definition) is 5. The van der Waals surface area contributed by atoms with Crippen molar-refractivity contribution in [2.45, 2.75) is 0 Å². The van der Waals surface area contributed by atoms with E-state index in [-0.39, 0.29) is 0 Å². The van der Waals surface area contributed by atoms with Crippen LogP contribution in [0.5, 0.6) is 0 Å². The predicted molar refractivity (Wildman–Crippen MR) is 63.6 cm³/mol. The molecule has 4 N–H and O–H groups in total. The van der Waals surface area contributed by atoms with Gasteiger partial charge in [-0.15, -0.1) is 0 Å². The van der Waals surface area contributed by atoms with Crippen molar-refractivity contribution >= 4 is 23.5 Å². The second-order valence-corrected chi connectivity index (χ2v) is 4.86. The molecule has 0 spiro atoms. The van der Waals surface area contributed by atoms with Gasteiger partial charge in [0.2, 0.25) is 0 Å². The molecule has 0 radical (unpaired) electrons. The Morgan fingerprint density at radius 3 is 1.62 bits per heavy atom. The smallest absolute Gasteiger partial charge is 0.0557 e. The molecular formula is C8H20N2OS2. The second-order valence-electron chi connectivity index (χ2n) is 2.41. The topological polar surface area (TPSA) is 61.3 Å². The van der Waals surface area contributed by atoms with Crippen LogP contribution in [0.25, 0.3) is 0 Å². The SMILES string of the molecule is NCCSCCOCCSCCN. The van der Waals surface area contributed by atoms with Crippen molar-refractivity contribution < 1.29 is 4.74 Å². The summed E-state index contributed by atoms with van der Waals surface area (Å²) < 4.78 is 5.40. The number of thioether (sulfide) groups is 2. The summed E-state index contributed by atoms with van der Waals surface area (Å²) in [4.78, 5) is 0. The van der Waals surface area contributed by atoms with Gasteiger partial charge < -0.3 is 16.2 Å². The highest BCUT2D eigenvalue weighted by molar-refractivity contribution is 7.99. The standard InChI is InChI=1S/C8H20N2OS2/c9-1-5-12-7-3-11-4-8-13-6-2-10/h1-10H2. The summed E-state index contributed by atoms with van der Waals surface area (Å²) in [6, 6.07) is 0. The maximum atomic E-state index is 5.40. The lowest BCUT2D eigenvalue weighted by Gasteiger charge is -2.03. The van der Waals surface area contributed by atoms with E-state index in [2.05, 4.69) is 0 Å². The van der Waals surface area contributed by atoms with E-state index in [1.807, 2.05) is 23.5 Å². The lowest BCUT2D eigenvalue weighted by Crippen LogP contribution is -2.07. The highest BCUT2D eigenvalue weighted by Crippen LogP contribution is 1.99. The van der Waals surface area contributed by atoms with E-state index in [4.69, 9.17) is 16.2 Å². The van der Waals surface area contributed by atoms with Crippen LogP contribution in [0.1, 0.15) is 0 Å². The minimum absolute atomic E-state index is 0.761. The average Bonchev–Trinajstić information content (AvgIpc) is 2.16. The molecule has 0 heterocycles. The Kier molecular flexibility index (Phi) is 13.1. The fourth-order valence-corrected chi connectivity index (χ4v) is 1.92. The third-order valence-electron chi connectivity index (χ3n) is 1.27. The minimum atomic E-state index is 0.761. The number of hydrogen-bond donors (Lipinski definition) is 2. The molecule has 0 aliphatic heterocycles. The second kappa shape index (κ2) is 12.6. The highest BCUT2D eigenvalue weighted by Gasteiger charge is 1.90. The summed E-state index contributed by atoms with van der Waals surface area (Å²) in [6.07, 6.45) is 0. The quantitative estimate of drug-likeness (QED) is 0.526. The summed E-state index contributed by atoms with van der Waals surface area (Å²) in [5.41, 5.74) is 10.7. The molecule has 0 atom stereocenters. The van der Waals surface area contributed by atoms with Crippen molar-refractivity contribution in [3.63, 3.8) is 0 Å². The van der Waals surface area contributed by atoms with Crippen molar-refractivity contribution in [1.82, 2.24) is 0 Å². The molecule has 0 bridgehead atoms. The average molecular weight is 224 g/mol. The molecule has 13 heavy (non-hydrogen) atoms. The first kappa shape index (κ1) is 13.6. The highest BCUT2D eigenvalue weighted by atomic mass is 32.2. The van der Waals surface area contributed by atoms with E-state index in [1.165, 1.54) is 0 Å². The molecule has 80 valence electrons. The van der Waals surface area contributed by atoms with Gasteiger partial charge in [0.25, 0.3) is 0 Å². The van der Waals surface area contributed by atoms with Gasteiger partial charge >= 0.3 is 0 Å². The summed E-state index contributed by atoms with van der Waals surface area (Å²) in [6.45, 7) is 3.20. The third-order valence-corrected chi connectivity index (χ3v) is 3.23. The van der Waals surface area contributed by atoms with Crippen LogP contribution in [0, 0.1) is 0 Å². The lowest BCUT2D eigenvalue weighted by atomic mass is 10.8. The van der Waals surface area contributed by atoms with Gasteiger partial charge in [0, 0.05) is 36.1 Å². The van der Waals surface area contributed by atoms with Crippen molar-refractivity contribution in [2.75, 3.05) is 49.3 Å². The van der Waals surface area contributed by atoms with Gasteiger partial charge in [0.1, 0.15) is 0 Å². The molecule has 0 aromatic heterocycles. The fraction of sp³-hybridized carbons (Fsp3) is 1.00. The minimum Gasteiger partial charge on any atom is -0.380 e. The van der Waals surface area contributed by atoms with Crippen molar-refractivity contribution in [3.8, 4) is 0 Å². The van der Waals surface area contributed by atoms with E-state index in [9.17, 15) is 0 Å². The van der Waals surface area contributed by atoms with Crippen molar-refractivity contribution in [3.05, 3.63) is 0 Å². The van der Waals surface area contributed by atoms with Gasteiger partial charge in [-0.2, -0.15) is 23.5 Å². The van der Waals surface area contributed by atoms with E-state index in [1.54, 1.807) is 0 Å². The largest absolute Gasteiger partial charge is 0.380 e. The van der Waals surface area contributed by atoms with Crippen LogP contribution >= 0.6 is 23.5 Å². The Hall–Kier alpha value is 0.580. The van der Waals surface area contributed by atoms with Crippen LogP contribution in [-0.4, -0.2) is 49.3 Å². The molecule has 0 aromatic carbocycles. The summed E-state index contributed by atoms with van der Waals surface area (Å²) in [5, 5.41) is 0. The molecule has 0 aliphatic rings. The van der Waals surface area contributed by atoms with Gasteiger partial charge in [0.05, 0.1) is 13.2 Å². The predicted octanol–water partition coefficient (Wildman–Crippen LogP) is 0.387. The first-order chi connectivity index (χ1) is 6.41. The van der Waals surface area contributed by atoms with E-state index < -0.39 is 0 Å². The van der Waals surface area contributed by atoms with E-state index >= 15 is 0 Å². The fourth-order valence-electron chi connectivity index (χ4n) is 0.709. The number of rotatable bonds is 10. The molecule has 0 saturated heterocycles. The van der Waals surface area contributed by atoms with Crippen LogP contribution in [-0.2, 0) is 4.74 Å². The zero-order valence-corrected chi connectivity index (χ0v) is 9.67. The first-order valence-electron chi connectivity index (χ1n) is 4.55. The van der Waals surface area contributed by atoms with Crippen LogP contribution < -0.4 is 11.5 Å². The Labute approximate surface area is 89.3 Å². The van der Waals surface area contributed by atoms with E-state index in [0.29, 0.717) is 0 Å². The summed E-state index contributed by atoms with van der Waals surface area (Å²) in [7, 11) is 0. The molecule has 5 heteroatoms. The van der Waals surface area contributed by atoms with Gasteiger partial charge in [0.15, 0.2) is 0 Å². The van der Waals surface area contributed by atoms with Crippen LogP contribution in [0.15, 0.2) is 0 Å². The third kappa shape index (κ3) is 12.6. The molecule has 0 rings (SSSR count). The molecule has 0 aliphatic carbocycles. The maximum Gasteiger partial charge on any atom is 0.0557 e. The van der Waals surface area contributed by atoms with Crippen molar-refractivity contribution in [1.29, 1.82) is 0 Å². The Morgan fingerprint density at radius 1 is 0.769 bits per heavy atom. The van der Waals surface area contributed by atoms with Gasteiger partial charge in [-0.3, -0.25) is 0 Å². The number of ether oxygens (including phenoxy) is 1. The van der Waals surface area contributed by atoms with E-state index in [0.717, 1.165) is 49.3 Å². The Balaban J connectivity index is 2.76. The van der Waals surface area contributed by atoms with Crippen LogP contribution in [0.4, 0.5) is 0 Å². The summed E-state index contributed by atoms with van der Waals surface area (Å²) in [5.74, 6) is 4.17. The van der Waals surface area contributed by atoms with Crippen LogP contribution in [0.2, 0.25) is 0 Å². The van der Waals surface area contributed by atoms with Crippen molar-refractivity contribution in [2.24, 2.45) is 11.5 Å². The van der Waals surface area contributed by atoms with Crippen LogP contribution in [0.3, 0.4) is 0 Å². The first-order valence-corrected chi connectivity index (χ1v) is 6.86. The number of nitrogens with two attached hydrogens (primary N) is 2. The Morgan fingerprint density at radius 2 is 1.23 bits per heavy atom. The van der Waals surface area contributed by atoms with Gasteiger partial charge in [-0.25, -0.2) is 0 Å².